The van der Waals surface area contributed by atoms with Gasteiger partial charge in [-0.2, -0.15) is 0 Å². The second-order valence-electron chi connectivity index (χ2n) is 4.71. The highest BCUT2D eigenvalue weighted by molar-refractivity contribution is 14.1. The van der Waals surface area contributed by atoms with E-state index in [1.165, 1.54) is 12.1 Å². The molecule has 0 aromatic heterocycles. The first-order valence-electron chi connectivity index (χ1n) is 6.69. The molecule has 0 bridgehead atoms. The van der Waals surface area contributed by atoms with Gasteiger partial charge in [-0.25, -0.2) is 9.59 Å². The van der Waals surface area contributed by atoms with Crippen molar-refractivity contribution in [1.29, 1.82) is 0 Å². The van der Waals surface area contributed by atoms with Gasteiger partial charge < -0.3 is 9.84 Å². The Morgan fingerprint density at radius 2 is 2.05 bits per heavy atom. The van der Waals surface area contributed by atoms with Crippen LogP contribution in [-0.4, -0.2) is 23.1 Å². The lowest BCUT2D eigenvalue weighted by atomic mass is 10.1. The van der Waals surface area contributed by atoms with Crippen molar-refractivity contribution in [3.05, 3.63) is 32.9 Å². The highest BCUT2D eigenvalue weighted by Gasteiger charge is 2.15. The van der Waals surface area contributed by atoms with Gasteiger partial charge in [-0.15, -0.1) is 0 Å². The predicted molar refractivity (Wildman–Crippen MR) is 85.1 cm³/mol. The first-order chi connectivity index (χ1) is 9.45. The summed E-state index contributed by atoms with van der Waals surface area (Å²) in [6.45, 7) is 4.01. The largest absolute Gasteiger partial charge is 0.478 e. The molecule has 1 N–H and O–H groups in total. The zero-order valence-electron chi connectivity index (χ0n) is 11.7. The third-order valence-corrected chi connectivity index (χ3v) is 3.85. The van der Waals surface area contributed by atoms with Gasteiger partial charge in [-0.05, 0) is 60.6 Å². The van der Waals surface area contributed by atoms with E-state index in [2.05, 4.69) is 6.92 Å². The molecule has 1 rings (SSSR count). The lowest BCUT2D eigenvalue weighted by Gasteiger charge is -2.13. The number of hydrogen-bond acceptors (Lipinski definition) is 3. The second-order valence-corrected chi connectivity index (χ2v) is 5.87. The third-order valence-electron chi connectivity index (χ3n) is 2.96. The maximum atomic E-state index is 11.9. The molecular formula is C15H19IO4. The highest BCUT2D eigenvalue weighted by Crippen LogP contribution is 2.17. The Hall–Kier alpha value is -1.11. The van der Waals surface area contributed by atoms with Gasteiger partial charge in [0.1, 0.15) is 0 Å². The Balaban J connectivity index is 2.64. The van der Waals surface area contributed by atoms with Crippen LogP contribution in [0.5, 0.6) is 0 Å². The molecule has 0 aliphatic carbocycles. The van der Waals surface area contributed by atoms with E-state index >= 15 is 0 Å². The number of carbonyl (C=O) groups excluding carboxylic acids is 1. The van der Waals surface area contributed by atoms with Gasteiger partial charge in [0.15, 0.2) is 0 Å². The average molecular weight is 390 g/mol. The van der Waals surface area contributed by atoms with Crippen LogP contribution in [0.15, 0.2) is 18.2 Å². The molecule has 0 aliphatic rings. The summed E-state index contributed by atoms with van der Waals surface area (Å²) in [7, 11) is 0. The molecule has 20 heavy (non-hydrogen) atoms. The monoisotopic (exact) mass is 390 g/mol. The lowest BCUT2D eigenvalue weighted by molar-refractivity contribution is 0.0319. The van der Waals surface area contributed by atoms with Crippen molar-refractivity contribution in [2.24, 2.45) is 0 Å². The number of carboxylic acid groups (broad SMARTS) is 1. The zero-order valence-corrected chi connectivity index (χ0v) is 13.8. The van der Waals surface area contributed by atoms with E-state index in [4.69, 9.17) is 9.84 Å². The summed E-state index contributed by atoms with van der Waals surface area (Å²) < 4.78 is 5.88. The molecule has 5 heteroatoms. The Labute approximate surface area is 132 Å². The van der Waals surface area contributed by atoms with Crippen molar-refractivity contribution in [1.82, 2.24) is 0 Å². The number of aromatic carboxylic acids is 1. The lowest BCUT2D eigenvalue weighted by Crippen LogP contribution is -2.15. The Bertz CT molecular complexity index is 485. The number of esters is 1. The third kappa shape index (κ3) is 5.11. The molecule has 0 aliphatic heterocycles. The quantitative estimate of drug-likeness (QED) is 0.432. The predicted octanol–water partition coefficient (Wildman–Crippen LogP) is 4.12. The standard InChI is InChI=1S/C15H19IO4/c1-3-4-5-6-10(2)20-15(19)11-7-8-12(14(17)18)13(16)9-11/h7-10H,3-6H2,1-2H3,(H,17,18)/t10-/m1/s1. The normalized spacial score (nSPS) is 11.9. The first-order valence-corrected chi connectivity index (χ1v) is 7.77. The molecule has 0 heterocycles. The zero-order chi connectivity index (χ0) is 15.1. The van der Waals surface area contributed by atoms with Gasteiger partial charge in [0.05, 0.1) is 17.2 Å². The van der Waals surface area contributed by atoms with Crippen molar-refractivity contribution in [3.8, 4) is 0 Å². The minimum atomic E-state index is -0.998. The van der Waals surface area contributed by atoms with Crippen molar-refractivity contribution < 1.29 is 19.4 Å². The summed E-state index contributed by atoms with van der Waals surface area (Å²) in [5.74, 6) is -1.40. The number of hydrogen-bond donors (Lipinski definition) is 1. The van der Waals surface area contributed by atoms with Crippen LogP contribution in [0.3, 0.4) is 0 Å². The number of rotatable bonds is 7. The number of carboxylic acids is 1. The second kappa shape index (κ2) is 8.24. The van der Waals surface area contributed by atoms with E-state index < -0.39 is 11.9 Å². The summed E-state index contributed by atoms with van der Waals surface area (Å²) in [4.78, 5) is 22.9. The van der Waals surface area contributed by atoms with Crippen molar-refractivity contribution >= 4 is 34.5 Å². The van der Waals surface area contributed by atoms with Crippen molar-refractivity contribution in [2.45, 2.75) is 45.6 Å². The smallest absolute Gasteiger partial charge is 0.338 e. The van der Waals surface area contributed by atoms with E-state index in [-0.39, 0.29) is 11.7 Å². The summed E-state index contributed by atoms with van der Waals surface area (Å²) in [5.41, 5.74) is 0.583. The summed E-state index contributed by atoms with van der Waals surface area (Å²) in [5, 5.41) is 8.94. The minimum Gasteiger partial charge on any atom is -0.478 e. The fraction of sp³-hybridized carbons (Fsp3) is 0.467. The number of carbonyl (C=O) groups is 2. The first kappa shape index (κ1) is 16.9. The van der Waals surface area contributed by atoms with Gasteiger partial charge in [0, 0.05) is 3.57 Å². The molecular weight excluding hydrogens is 371 g/mol. The van der Waals surface area contributed by atoms with Crippen LogP contribution in [0.4, 0.5) is 0 Å². The highest BCUT2D eigenvalue weighted by atomic mass is 127. The number of halogens is 1. The van der Waals surface area contributed by atoms with E-state index in [0.29, 0.717) is 9.13 Å². The van der Waals surface area contributed by atoms with Crippen LogP contribution >= 0.6 is 22.6 Å². The van der Waals surface area contributed by atoms with Crippen LogP contribution in [0.1, 0.15) is 60.2 Å². The summed E-state index contributed by atoms with van der Waals surface area (Å²) >= 11 is 1.91. The molecule has 0 unspecified atom stereocenters. The molecule has 0 radical (unpaired) electrons. The molecule has 0 saturated heterocycles. The molecule has 110 valence electrons. The van der Waals surface area contributed by atoms with Crippen LogP contribution in [0.2, 0.25) is 0 Å². The SMILES string of the molecule is CCCCC[C@@H](C)OC(=O)c1ccc(C(=O)O)c(I)c1. The van der Waals surface area contributed by atoms with Crippen LogP contribution in [0, 0.1) is 3.57 Å². The van der Waals surface area contributed by atoms with Crippen molar-refractivity contribution in [2.75, 3.05) is 0 Å². The Morgan fingerprint density at radius 1 is 1.35 bits per heavy atom. The van der Waals surface area contributed by atoms with Gasteiger partial charge in [-0.1, -0.05) is 19.8 Å². The molecule has 0 saturated carbocycles. The Kier molecular flexibility index (Phi) is 6.98. The van der Waals surface area contributed by atoms with Gasteiger partial charge in [-0.3, -0.25) is 0 Å². The van der Waals surface area contributed by atoms with E-state index in [1.54, 1.807) is 6.07 Å². The van der Waals surface area contributed by atoms with E-state index in [9.17, 15) is 9.59 Å². The minimum absolute atomic E-state index is 0.120. The van der Waals surface area contributed by atoms with Crippen LogP contribution in [-0.2, 0) is 4.74 Å². The maximum Gasteiger partial charge on any atom is 0.338 e. The fourth-order valence-corrected chi connectivity index (χ4v) is 2.55. The fourth-order valence-electron chi connectivity index (χ4n) is 1.81. The summed E-state index contributed by atoms with van der Waals surface area (Å²) in [6, 6.07) is 4.47. The van der Waals surface area contributed by atoms with E-state index in [1.807, 2.05) is 29.5 Å². The molecule has 4 nitrogen and oxygen atoms in total. The maximum absolute atomic E-state index is 11.9. The molecule has 1 atom stereocenters. The van der Waals surface area contributed by atoms with Gasteiger partial charge in [0.25, 0.3) is 0 Å². The Morgan fingerprint density at radius 3 is 2.60 bits per heavy atom. The topological polar surface area (TPSA) is 63.6 Å². The van der Waals surface area contributed by atoms with Crippen LogP contribution in [0.25, 0.3) is 0 Å². The molecule has 0 amide bonds. The van der Waals surface area contributed by atoms with Gasteiger partial charge >= 0.3 is 11.9 Å². The molecule has 0 fully saturated rings. The van der Waals surface area contributed by atoms with E-state index in [0.717, 1.165) is 25.7 Å². The number of ether oxygens (including phenoxy) is 1. The van der Waals surface area contributed by atoms with Crippen LogP contribution < -0.4 is 0 Å². The average Bonchev–Trinajstić information content (AvgIpc) is 2.38. The molecule has 0 spiro atoms. The molecule has 1 aromatic carbocycles. The summed E-state index contributed by atoms with van der Waals surface area (Å²) in [6.07, 6.45) is 4.04. The number of benzene rings is 1. The number of unbranched alkanes of at least 4 members (excludes halogenated alkanes) is 2. The van der Waals surface area contributed by atoms with Gasteiger partial charge in [0.2, 0.25) is 0 Å². The molecule has 1 aromatic rings. The van der Waals surface area contributed by atoms with Crippen molar-refractivity contribution in [3.63, 3.8) is 0 Å².